The molecule has 3 aromatic rings. The molecule has 0 unspecified atom stereocenters. The fraction of sp³-hybridized carbons (Fsp3) is 0.0556. The van der Waals surface area contributed by atoms with Gasteiger partial charge < -0.3 is 13.8 Å². The van der Waals surface area contributed by atoms with Crippen LogP contribution in [0.15, 0.2) is 79.0 Å². The largest absolute Gasteiger partial charge is 0.481 e. The molecule has 1 aromatic heterocycles. The molecule has 2 aromatic carbocycles. The number of hydrogen-bond donors (Lipinski definition) is 0. The first-order valence-electron chi connectivity index (χ1n) is 7.29. The van der Waals surface area contributed by atoms with Gasteiger partial charge in [-0.2, -0.15) is 0 Å². The van der Waals surface area contributed by atoms with Gasteiger partial charge in [0.1, 0.15) is 16.8 Å². The maximum absolute atomic E-state index is 13.4. The zero-order valence-corrected chi connectivity index (χ0v) is 13.9. The quantitative estimate of drug-likeness (QED) is 0.633. The van der Waals surface area contributed by atoms with E-state index in [2.05, 4.69) is 4.98 Å². The summed E-state index contributed by atoms with van der Waals surface area (Å²) in [5, 5.41) is 0.344. The molecule has 24 heavy (non-hydrogen) atoms. The average Bonchev–Trinajstić information content (AvgIpc) is 2.63. The van der Waals surface area contributed by atoms with Crippen LogP contribution in [0.3, 0.4) is 0 Å². The van der Waals surface area contributed by atoms with Crippen LogP contribution in [0.1, 0.15) is 0 Å². The summed E-state index contributed by atoms with van der Waals surface area (Å²) < 4.78 is 29.9. The summed E-state index contributed by atoms with van der Waals surface area (Å²) >= 11 is 0. The van der Waals surface area contributed by atoms with E-state index in [-0.39, 0.29) is 0 Å². The van der Waals surface area contributed by atoms with Crippen LogP contribution < -0.4 is 19.1 Å². The first-order valence-corrected chi connectivity index (χ1v) is 8.84. The first-order chi connectivity index (χ1) is 11.7. The zero-order chi connectivity index (χ0) is 16.8. The second-order valence-corrected chi connectivity index (χ2v) is 6.74. The molecule has 0 saturated heterocycles. The second kappa shape index (κ2) is 7.20. The van der Waals surface area contributed by atoms with Crippen molar-refractivity contribution in [3.63, 3.8) is 0 Å². The van der Waals surface area contributed by atoms with Gasteiger partial charge in [-0.05, 0) is 30.3 Å². The molecule has 6 heteroatoms. The highest BCUT2D eigenvalue weighted by molar-refractivity contribution is 7.63. The molecule has 5 nitrogen and oxygen atoms in total. The van der Waals surface area contributed by atoms with Gasteiger partial charge in [0, 0.05) is 12.3 Å². The standard InChI is InChI=1S/C18H16NO4P/c1-21-18-13-12-17(14-19-18)24(20,22-15-8-4-2-5-9-15)23-16-10-6-3-7-11-16/h2-14H,1H3. The number of rotatable bonds is 6. The lowest BCUT2D eigenvalue weighted by Gasteiger charge is -2.20. The Kier molecular flexibility index (Phi) is 4.82. The molecule has 3 rings (SSSR count). The van der Waals surface area contributed by atoms with Gasteiger partial charge in [-0.3, -0.25) is 0 Å². The van der Waals surface area contributed by atoms with Crippen molar-refractivity contribution in [3.05, 3.63) is 79.0 Å². The van der Waals surface area contributed by atoms with Gasteiger partial charge in [-0.15, -0.1) is 0 Å². The molecule has 0 amide bonds. The third-order valence-corrected chi connectivity index (χ3v) is 4.98. The molecule has 0 aliphatic heterocycles. The molecule has 0 saturated carbocycles. The van der Waals surface area contributed by atoms with Crippen molar-refractivity contribution in [1.29, 1.82) is 0 Å². The summed E-state index contributed by atoms with van der Waals surface area (Å²) in [4.78, 5) is 4.09. The lowest BCUT2D eigenvalue weighted by atomic mass is 10.3. The highest BCUT2D eigenvalue weighted by Gasteiger charge is 2.32. The van der Waals surface area contributed by atoms with Crippen molar-refractivity contribution < 1.29 is 18.3 Å². The molecular weight excluding hydrogens is 325 g/mol. The van der Waals surface area contributed by atoms with Crippen molar-refractivity contribution in [2.24, 2.45) is 0 Å². The van der Waals surface area contributed by atoms with Crippen LogP contribution in [0.4, 0.5) is 0 Å². The van der Waals surface area contributed by atoms with Gasteiger partial charge in [0.25, 0.3) is 0 Å². The lowest BCUT2D eigenvalue weighted by Crippen LogP contribution is -2.15. The number of nitrogens with zero attached hydrogens (tertiary/aromatic N) is 1. The van der Waals surface area contributed by atoms with E-state index in [1.807, 2.05) is 12.1 Å². The molecule has 0 spiro atoms. The lowest BCUT2D eigenvalue weighted by molar-refractivity contribution is 0.395. The Morgan fingerprint density at radius 2 is 1.33 bits per heavy atom. The number of ether oxygens (including phenoxy) is 1. The van der Waals surface area contributed by atoms with E-state index in [0.29, 0.717) is 22.7 Å². The monoisotopic (exact) mass is 341 g/mol. The number of aromatic nitrogens is 1. The maximum Gasteiger partial charge on any atom is 0.464 e. The highest BCUT2D eigenvalue weighted by Crippen LogP contribution is 2.47. The van der Waals surface area contributed by atoms with E-state index < -0.39 is 7.60 Å². The number of para-hydroxylation sites is 2. The molecule has 0 fully saturated rings. The number of benzene rings is 2. The van der Waals surface area contributed by atoms with E-state index in [1.54, 1.807) is 60.7 Å². The van der Waals surface area contributed by atoms with E-state index in [0.717, 1.165) is 0 Å². The number of methoxy groups -OCH3 is 1. The Hall–Kier alpha value is -2.78. The molecule has 1 heterocycles. The fourth-order valence-corrected chi connectivity index (χ4v) is 3.52. The van der Waals surface area contributed by atoms with Crippen molar-refractivity contribution in [2.45, 2.75) is 0 Å². The molecule has 0 bridgehead atoms. The summed E-state index contributed by atoms with van der Waals surface area (Å²) in [5.74, 6) is 1.32. The van der Waals surface area contributed by atoms with Gasteiger partial charge in [-0.25, -0.2) is 9.55 Å². The smallest absolute Gasteiger partial charge is 0.464 e. The van der Waals surface area contributed by atoms with Crippen LogP contribution in [0, 0.1) is 0 Å². The van der Waals surface area contributed by atoms with E-state index in [9.17, 15) is 4.57 Å². The van der Waals surface area contributed by atoms with Gasteiger partial charge >= 0.3 is 7.60 Å². The van der Waals surface area contributed by atoms with Gasteiger partial charge in [0.05, 0.1) is 7.11 Å². The van der Waals surface area contributed by atoms with E-state index in [1.165, 1.54) is 13.3 Å². The van der Waals surface area contributed by atoms with Crippen LogP contribution >= 0.6 is 7.60 Å². The van der Waals surface area contributed by atoms with Crippen LogP contribution in [0.5, 0.6) is 17.4 Å². The molecular formula is C18H16NO4P. The van der Waals surface area contributed by atoms with Crippen molar-refractivity contribution >= 4 is 12.9 Å². The molecule has 0 N–H and O–H groups in total. The molecule has 0 radical (unpaired) electrons. The van der Waals surface area contributed by atoms with Crippen molar-refractivity contribution in [1.82, 2.24) is 4.98 Å². The second-order valence-electron chi connectivity index (χ2n) is 4.86. The average molecular weight is 341 g/mol. The summed E-state index contributed by atoms with van der Waals surface area (Å²) in [6.45, 7) is 0. The SMILES string of the molecule is COc1ccc(P(=O)(Oc2ccccc2)Oc2ccccc2)cn1. The minimum Gasteiger partial charge on any atom is -0.481 e. The Morgan fingerprint density at radius 3 is 1.75 bits per heavy atom. The molecule has 0 atom stereocenters. The van der Waals surface area contributed by atoms with Crippen LogP contribution in [0.25, 0.3) is 0 Å². The first kappa shape index (κ1) is 16.1. The predicted molar refractivity (Wildman–Crippen MR) is 92.2 cm³/mol. The maximum atomic E-state index is 13.4. The van der Waals surface area contributed by atoms with Crippen LogP contribution in [-0.2, 0) is 4.57 Å². The van der Waals surface area contributed by atoms with Gasteiger partial charge in [0.2, 0.25) is 5.88 Å². The number of pyridine rings is 1. The highest BCUT2D eigenvalue weighted by atomic mass is 31.2. The van der Waals surface area contributed by atoms with Crippen LogP contribution in [0.2, 0.25) is 0 Å². The Labute approximate surface area is 140 Å². The topological polar surface area (TPSA) is 57.7 Å². The van der Waals surface area contributed by atoms with Gasteiger partial charge in [0.15, 0.2) is 0 Å². The third-order valence-electron chi connectivity index (χ3n) is 3.18. The third kappa shape index (κ3) is 3.76. The van der Waals surface area contributed by atoms with Crippen molar-refractivity contribution in [3.8, 4) is 17.4 Å². The summed E-state index contributed by atoms with van der Waals surface area (Å²) in [7, 11) is -2.15. The van der Waals surface area contributed by atoms with E-state index in [4.69, 9.17) is 13.8 Å². The summed E-state index contributed by atoms with van der Waals surface area (Å²) in [6, 6.07) is 21.0. The molecule has 122 valence electrons. The minimum absolute atomic E-state index is 0.344. The normalized spacial score (nSPS) is 10.9. The Bertz CT molecular complexity index is 777. The van der Waals surface area contributed by atoms with E-state index >= 15 is 0 Å². The Balaban J connectivity index is 1.97. The predicted octanol–water partition coefficient (Wildman–Crippen LogP) is 4.07. The molecule has 0 aliphatic carbocycles. The zero-order valence-electron chi connectivity index (χ0n) is 13.0. The van der Waals surface area contributed by atoms with Gasteiger partial charge in [-0.1, -0.05) is 36.4 Å². The van der Waals surface area contributed by atoms with Crippen molar-refractivity contribution in [2.75, 3.05) is 7.11 Å². The molecule has 0 aliphatic rings. The minimum atomic E-state index is -3.66. The number of hydrogen-bond acceptors (Lipinski definition) is 5. The van der Waals surface area contributed by atoms with Crippen LogP contribution in [-0.4, -0.2) is 12.1 Å². The summed E-state index contributed by atoms with van der Waals surface area (Å²) in [5.41, 5.74) is 0. The fourth-order valence-electron chi connectivity index (χ4n) is 2.02. The summed E-state index contributed by atoms with van der Waals surface area (Å²) in [6.07, 6.45) is 1.44. The Morgan fingerprint density at radius 1 is 0.792 bits per heavy atom.